The zero-order chi connectivity index (χ0) is 23.9. The number of nitrogens with zero attached hydrogens (tertiary/aromatic N) is 2. The zero-order valence-corrected chi connectivity index (χ0v) is 19.8. The maximum Gasteiger partial charge on any atom is 0.263 e. The van der Waals surface area contributed by atoms with Gasteiger partial charge in [-0.1, -0.05) is 23.2 Å². The largest absolute Gasteiger partial charge is 0.476 e. The molecular weight excluding hydrogens is 470 g/mol. The smallest absolute Gasteiger partial charge is 0.263 e. The van der Waals surface area contributed by atoms with Crippen molar-refractivity contribution in [3.8, 4) is 5.75 Å². The minimum absolute atomic E-state index is 0.0219. The molecule has 176 valence electrons. The summed E-state index contributed by atoms with van der Waals surface area (Å²) in [5, 5.41) is 3.01. The van der Waals surface area contributed by atoms with Crippen LogP contribution in [-0.2, 0) is 4.79 Å². The number of nitrogens with one attached hydrogen (secondary N) is 1. The van der Waals surface area contributed by atoms with Crippen LogP contribution in [0.5, 0.6) is 5.75 Å². The second kappa shape index (κ2) is 8.99. The average molecular weight is 495 g/mol. The molecule has 3 heterocycles. The second-order valence-corrected chi connectivity index (χ2v) is 9.83. The molecule has 4 rings (SSSR count). The number of amides is 2. The third kappa shape index (κ3) is 4.87. The molecule has 7 nitrogen and oxygen atoms in total. The van der Waals surface area contributed by atoms with Gasteiger partial charge < -0.3 is 20.7 Å². The number of hydrogen-bond donors (Lipinski definition) is 2. The summed E-state index contributed by atoms with van der Waals surface area (Å²) in [4.78, 5) is 31.0. The van der Waals surface area contributed by atoms with Gasteiger partial charge in [-0.3, -0.25) is 9.59 Å². The topological polar surface area (TPSA) is 97.5 Å². The lowest BCUT2D eigenvalue weighted by Gasteiger charge is -2.40. The van der Waals surface area contributed by atoms with Crippen molar-refractivity contribution in [2.45, 2.75) is 63.3 Å². The third-order valence-corrected chi connectivity index (χ3v) is 6.84. The first-order valence-corrected chi connectivity index (χ1v) is 11.5. The predicted octanol–water partition coefficient (Wildman–Crippen LogP) is 4.10. The molecule has 33 heavy (non-hydrogen) atoms. The van der Waals surface area contributed by atoms with Gasteiger partial charge in [-0.15, -0.1) is 0 Å². The van der Waals surface area contributed by atoms with E-state index in [-0.39, 0.29) is 39.8 Å². The highest BCUT2D eigenvalue weighted by molar-refractivity contribution is 6.34. The molecule has 2 aliphatic heterocycles. The van der Waals surface area contributed by atoms with Crippen LogP contribution in [0, 0.1) is 5.82 Å². The van der Waals surface area contributed by atoms with Crippen molar-refractivity contribution in [1.29, 1.82) is 0 Å². The number of anilines is 1. The number of nitrogens with two attached hydrogens (primary N) is 1. The standard InChI is InChI=1S/C23H25Cl2FN4O3/c1-23(2,33-19-10-16(24)18(26)9-17(19)25)22(32)29-13-7-14-4-5-15(8-13)30(14)20-6-3-12(11-28-20)21(27)31/h3,6,9-11,13-15H,4-5,7-8H2,1-2H3,(H2,27,31)(H,29,32)/t13?,14-,15+. The lowest BCUT2D eigenvalue weighted by molar-refractivity contribution is -0.135. The molecule has 1 unspecified atom stereocenters. The van der Waals surface area contributed by atoms with Crippen LogP contribution in [0.4, 0.5) is 10.2 Å². The molecule has 3 N–H and O–H groups in total. The second-order valence-electron chi connectivity index (χ2n) is 9.01. The molecular formula is C23H25Cl2FN4O3. The van der Waals surface area contributed by atoms with Crippen molar-refractivity contribution >= 4 is 40.8 Å². The van der Waals surface area contributed by atoms with Gasteiger partial charge in [-0.25, -0.2) is 9.37 Å². The van der Waals surface area contributed by atoms with Crippen LogP contribution in [0.25, 0.3) is 0 Å². The van der Waals surface area contributed by atoms with Gasteiger partial charge in [0.1, 0.15) is 17.4 Å². The first-order valence-electron chi connectivity index (χ1n) is 10.7. The number of aromatic nitrogens is 1. The average Bonchev–Trinajstić information content (AvgIpc) is 3.02. The minimum atomic E-state index is -1.24. The number of benzene rings is 1. The third-order valence-electron chi connectivity index (χ3n) is 6.25. The Kier molecular flexibility index (Phi) is 6.42. The number of carbonyl (C=O) groups excluding carboxylic acids is 2. The number of hydrogen-bond acceptors (Lipinski definition) is 5. The fourth-order valence-electron chi connectivity index (χ4n) is 4.62. The van der Waals surface area contributed by atoms with Gasteiger partial charge in [0.25, 0.3) is 5.91 Å². The van der Waals surface area contributed by atoms with Crippen LogP contribution < -0.4 is 20.7 Å². The first-order chi connectivity index (χ1) is 15.5. The number of fused-ring (bicyclic) bond motifs is 2. The number of piperidine rings is 1. The summed E-state index contributed by atoms with van der Waals surface area (Å²) in [6.45, 7) is 3.26. The van der Waals surface area contributed by atoms with Crippen LogP contribution in [0.1, 0.15) is 49.9 Å². The van der Waals surface area contributed by atoms with E-state index in [4.69, 9.17) is 33.7 Å². The van der Waals surface area contributed by atoms with Crippen molar-refractivity contribution in [2.24, 2.45) is 5.73 Å². The fourth-order valence-corrected chi connectivity index (χ4v) is 4.96. The Labute approximate surface area is 201 Å². The number of ether oxygens (including phenoxy) is 1. The van der Waals surface area contributed by atoms with Gasteiger partial charge in [0.2, 0.25) is 5.91 Å². The molecule has 2 aliphatic rings. The predicted molar refractivity (Wildman–Crippen MR) is 124 cm³/mol. The van der Waals surface area contributed by atoms with E-state index < -0.39 is 17.3 Å². The van der Waals surface area contributed by atoms with Crippen molar-refractivity contribution in [3.63, 3.8) is 0 Å². The molecule has 0 spiro atoms. The first kappa shape index (κ1) is 23.6. The van der Waals surface area contributed by atoms with E-state index >= 15 is 0 Å². The normalized spacial score (nSPS) is 22.2. The van der Waals surface area contributed by atoms with Crippen LogP contribution in [0.3, 0.4) is 0 Å². The lowest BCUT2D eigenvalue weighted by Crippen LogP contribution is -2.55. The highest BCUT2D eigenvalue weighted by Crippen LogP contribution is 2.39. The van der Waals surface area contributed by atoms with E-state index in [2.05, 4.69) is 15.2 Å². The summed E-state index contributed by atoms with van der Waals surface area (Å²) in [6.07, 6.45) is 5.03. The Bertz CT molecular complexity index is 1070. The van der Waals surface area contributed by atoms with Gasteiger partial charge >= 0.3 is 0 Å². The Morgan fingerprint density at radius 2 is 1.85 bits per heavy atom. The summed E-state index contributed by atoms with van der Waals surface area (Å²) >= 11 is 11.9. The Balaban J connectivity index is 1.41. The number of pyridine rings is 1. The molecule has 0 saturated carbocycles. The molecule has 3 atom stereocenters. The number of halogens is 3. The number of carbonyl (C=O) groups is 2. The van der Waals surface area contributed by atoms with Crippen LogP contribution in [0.15, 0.2) is 30.5 Å². The molecule has 10 heteroatoms. The summed E-state index contributed by atoms with van der Waals surface area (Å²) in [5.74, 6) is -0.502. The molecule has 2 fully saturated rings. The van der Waals surface area contributed by atoms with Gasteiger partial charge in [-0.2, -0.15) is 0 Å². The van der Waals surface area contributed by atoms with Crippen molar-refractivity contribution < 1.29 is 18.7 Å². The van der Waals surface area contributed by atoms with Gasteiger partial charge in [0, 0.05) is 30.4 Å². The summed E-state index contributed by atoms with van der Waals surface area (Å²) in [7, 11) is 0. The zero-order valence-electron chi connectivity index (χ0n) is 18.3. The summed E-state index contributed by atoms with van der Waals surface area (Å²) in [5.41, 5.74) is 4.44. The quantitative estimate of drug-likeness (QED) is 0.589. The van der Waals surface area contributed by atoms with Crippen molar-refractivity contribution in [1.82, 2.24) is 10.3 Å². The van der Waals surface area contributed by atoms with E-state index in [9.17, 15) is 14.0 Å². The maximum atomic E-state index is 13.6. The van der Waals surface area contributed by atoms with E-state index in [1.807, 2.05) is 6.07 Å². The van der Waals surface area contributed by atoms with Crippen molar-refractivity contribution in [2.75, 3.05) is 4.90 Å². The summed E-state index contributed by atoms with van der Waals surface area (Å²) < 4.78 is 19.4. The molecule has 2 aromatic rings. The minimum Gasteiger partial charge on any atom is -0.476 e. The molecule has 2 saturated heterocycles. The Morgan fingerprint density at radius 1 is 1.18 bits per heavy atom. The van der Waals surface area contributed by atoms with Crippen molar-refractivity contribution in [3.05, 3.63) is 51.9 Å². The van der Waals surface area contributed by atoms with Gasteiger partial charge in [-0.05, 0) is 57.7 Å². The monoisotopic (exact) mass is 494 g/mol. The van der Waals surface area contributed by atoms with E-state index in [1.54, 1.807) is 19.9 Å². The SMILES string of the molecule is CC(C)(Oc1cc(Cl)c(F)cc1Cl)C(=O)NC1C[C@H]2CC[C@@H](C1)N2c1ccc(C(N)=O)cn1. The molecule has 0 radical (unpaired) electrons. The van der Waals surface area contributed by atoms with Crippen LogP contribution in [0.2, 0.25) is 10.0 Å². The van der Waals surface area contributed by atoms with E-state index in [1.165, 1.54) is 12.3 Å². The highest BCUT2D eigenvalue weighted by atomic mass is 35.5. The highest BCUT2D eigenvalue weighted by Gasteiger charge is 2.43. The number of primary amides is 1. The number of rotatable bonds is 6. The Morgan fingerprint density at radius 3 is 2.42 bits per heavy atom. The molecule has 0 aliphatic carbocycles. The summed E-state index contributed by atoms with van der Waals surface area (Å²) in [6, 6.07) is 6.27. The van der Waals surface area contributed by atoms with E-state index in [0.29, 0.717) is 5.56 Å². The van der Waals surface area contributed by atoms with Gasteiger partial charge in [0.05, 0.1) is 15.6 Å². The lowest BCUT2D eigenvalue weighted by atomic mass is 9.96. The Hall–Kier alpha value is -2.58. The van der Waals surface area contributed by atoms with Gasteiger partial charge in [0.15, 0.2) is 5.60 Å². The molecule has 2 bridgehead atoms. The molecule has 1 aromatic carbocycles. The molecule has 1 aromatic heterocycles. The maximum absolute atomic E-state index is 13.6. The molecule has 2 amide bonds. The van der Waals surface area contributed by atoms with E-state index in [0.717, 1.165) is 37.6 Å². The fraction of sp³-hybridized carbons (Fsp3) is 0.435. The van der Waals surface area contributed by atoms with Crippen LogP contribution in [-0.4, -0.2) is 40.5 Å². The van der Waals surface area contributed by atoms with Crippen LogP contribution >= 0.6 is 23.2 Å².